The lowest BCUT2D eigenvalue weighted by Gasteiger charge is -2.26. The zero-order valence-corrected chi connectivity index (χ0v) is 14.8. The molecule has 3 aromatic heterocycles. The first-order valence-corrected chi connectivity index (χ1v) is 9.67. The summed E-state index contributed by atoms with van der Waals surface area (Å²) in [6.45, 7) is 0.999. The average Bonchev–Trinajstić information content (AvgIpc) is 3.36. The molecule has 0 aromatic carbocycles. The van der Waals surface area contributed by atoms with Crippen molar-refractivity contribution in [2.75, 3.05) is 0 Å². The first-order chi connectivity index (χ1) is 12.9. The third-order valence-electron chi connectivity index (χ3n) is 5.83. The molecular weight excluding hydrogens is 326 g/mol. The van der Waals surface area contributed by atoms with Crippen LogP contribution in [0.5, 0.6) is 0 Å². The van der Waals surface area contributed by atoms with Crippen LogP contribution in [0.1, 0.15) is 67.8 Å². The van der Waals surface area contributed by atoms with Crippen LogP contribution in [0.15, 0.2) is 35.2 Å². The zero-order chi connectivity index (χ0) is 17.3. The Kier molecular flexibility index (Phi) is 4.03. The maximum atomic E-state index is 5.59. The molecule has 0 amide bonds. The maximum absolute atomic E-state index is 5.59. The van der Waals surface area contributed by atoms with Gasteiger partial charge in [0.05, 0.1) is 0 Å². The highest BCUT2D eigenvalue weighted by atomic mass is 16.5. The number of aromatic nitrogens is 5. The number of hydrogen-bond donors (Lipinski definition) is 0. The maximum Gasteiger partial charge on any atom is 0.230 e. The summed E-state index contributed by atoms with van der Waals surface area (Å²) in [7, 11) is 0. The molecular formula is C20H23N5O. The standard InChI is InChI=1S/C20H23N5O/c1-2-4-15(5-3-1)19-22-13-17-12-16(8-11-25(17)19)20-23-18(24-26-20)14-6-9-21-10-7-14/h6-7,9-10,13,15-16H,1-5,8,11-12H2/t16-/m0/s1. The van der Waals surface area contributed by atoms with Crippen molar-refractivity contribution >= 4 is 0 Å². The lowest BCUT2D eigenvalue weighted by atomic mass is 9.88. The van der Waals surface area contributed by atoms with Gasteiger partial charge < -0.3 is 9.09 Å². The quantitative estimate of drug-likeness (QED) is 0.712. The molecule has 134 valence electrons. The predicted molar refractivity (Wildman–Crippen MR) is 96.6 cm³/mol. The average molecular weight is 349 g/mol. The van der Waals surface area contributed by atoms with E-state index in [1.807, 2.05) is 12.1 Å². The van der Waals surface area contributed by atoms with Crippen molar-refractivity contribution in [3.05, 3.63) is 48.1 Å². The van der Waals surface area contributed by atoms with Crippen LogP contribution >= 0.6 is 0 Å². The lowest BCUT2D eigenvalue weighted by Crippen LogP contribution is -2.21. The van der Waals surface area contributed by atoms with Crippen molar-refractivity contribution < 1.29 is 4.52 Å². The van der Waals surface area contributed by atoms with Gasteiger partial charge in [0.1, 0.15) is 5.82 Å². The van der Waals surface area contributed by atoms with Crippen LogP contribution in [0.3, 0.4) is 0 Å². The van der Waals surface area contributed by atoms with Crippen molar-refractivity contribution in [3.63, 3.8) is 0 Å². The Bertz CT molecular complexity index is 879. The number of hydrogen-bond acceptors (Lipinski definition) is 5. The van der Waals surface area contributed by atoms with Crippen molar-refractivity contribution in [2.45, 2.75) is 63.3 Å². The molecule has 0 spiro atoms. The molecule has 5 rings (SSSR count). The minimum atomic E-state index is 0.279. The van der Waals surface area contributed by atoms with Crippen LogP contribution in [0.2, 0.25) is 0 Å². The topological polar surface area (TPSA) is 69.6 Å². The van der Waals surface area contributed by atoms with E-state index in [4.69, 9.17) is 9.51 Å². The van der Waals surface area contributed by atoms with Crippen LogP contribution in [-0.4, -0.2) is 24.7 Å². The Labute approximate surface area is 152 Å². The third-order valence-corrected chi connectivity index (χ3v) is 5.83. The fraction of sp³-hybridized carbons (Fsp3) is 0.500. The van der Waals surface area contributed by atoms with E-state index >= 15 is 0 Å². The van der Waals surface area contributed by atoms with Crippen molar-refractivity contribution in [2.24, 2.45) is 0 Å². The zero-order valence-electron chi connectivity index (χ0n) is 14.8. The molecule has 1 fully saturated rings. The smallest absolute Gasteiger partial charge is 0.230 e. The summed E-state index contributed by atoms with van der Waals surface area (Å²) in [5, 5.41) is 4.16. The summed E-state index contributed by atoms with van der Waals surface area (Å²) < 4.78 is 8.04. The number of rotatable bonds is 3. The van der Waals surface area contributed by atoms with Crippen LogP contribution < -0.4 is 0 Å². The highest BCUT2D eigenvalue weighted by Crippen LogP contribution is 2.36. The second-order valence-electron chi connectivity index (χ2n) is 7.48. The Hall–Kier alpha value is -2.50. The molecule has 0 unspecified atom stereocenters. The molecule has 1 aliphatic carbocycles. The van der Waals surface area contributed by atoms with Crippen molar-refractivity contribution in [3.8, 4) is 11.4 Å². The number of nitrogens with zero attached hydrogens (tertiary/aromatic N) is 5. The molecule has 4 heterocycles. The largest absolute Gasteiger partial charge is 0.339 e. The number of fused-ring (bicyclic) bond motifs is 1. The molecule has 0 bridgehead atoms. The van der Waals surface area contributed by atoms with Crippen LogP contribution in [0.4, 0.5) is 0 Å². The molecule has 1 saturated carbocycles. The summed E-state index contributed by atoms with van der Waals surface area (Å²) in [5.74, 6) is 3.62. The Morgan fingerprint density at radius 1 is 1.00 bits per heavy atom. The Morgan fingerprint density at radius 3 is 2.69 bits per heavy atom. The van der Waals surface area contributed by atoms with Gasteiger partial charge in [-0.05, 0) is 31.4 Å². The first kappa shape index (κ1) is 15.7. The minimum absolute atomic E-state index is 0.279. The van der Waals surface area contributed by atoms with Gasteiger partial charge in [0.2, 0.25) is 11.7 Å². The molecule has 3 aromatic rings. The van der Waals surface area contributed by atoms with Gasteiger partial charge in [-0.3, -0.25) is 4.98 Å². The molecule has 26 heavy (non-hydrogen) atoms. The van der Waals surface area contributed by atoms with E-state index in [-0.39, 0.29) is 5.92 Å². The molecule has 1 atom stereocenters. The number of pyridine rings is 1. The molecule has 2 aliphatic rings. The predicted octanol–water partition coefficient (Wildman–Crippen LogP) is 4.11. The van der Waals surface area contributed by atoms with Gasteiger partial charge in [0.25, 0.3) is 0 Å². The van der Waals surface area contributed by atoms with E-state index in [0.717, 1.165) is 30.8 Å². The Morgan fingerprint density at radius 2 is 1.85 bits per heavy atom. The first-order valence-electron chi connectivity index (χ1n) is 9.67. The van der Waals surface area contributed by atoms with Crippen LogP contribution in [-0.2, 0) is 13.0 Å². The van der Waals surface area contributed by atoms with Gasteiger partial charge in [0, 0.05) is 54.6 Å². The van der Waals surface area contributed by atoms with E-state index in [0.29, 0.717) is 11.7 Å². The summed E-state index contributed by atoms with van der Waals surface area (Å²) in [5.41, 5.74) is 2.25. The summed E-state index contributed by atoms with van der Waals surface area (Å²) in [4.78, 5) is 13.5. The van der Waals surface area contributed by atoms with Gasteiger partial charge in [-0.15, -0.1) is 0 Å². The molecule has 6 heteroatoms. The number of imidazole rings is 1. The molecule has 0 radical (unpaired) electrons. The molecule has 0 saturated heterocycles. The molecule has 1 aliphatic heterocycles. The van der Waals surface area contributed by atoms with Gasteiger partial charge >= 0.3 is 0 Å². The molecule has 0 N–H and O–H groups in total. The fourth-order valence-corrected chi connectivity index (χ4v) is 4.40. The van der Waals surface area contributed by atoms with Crippen molar-refractivity contribution in [1.82, 2.24) is 24.7 Å². The highest BCUT2D eigenvalue weighted by Gasteiger charge is 2.29. The fourth-order valence-electron chi connectivity index (χ4n) is 4.40. The van der Waals surface area contributed by atoms with Gasteiger partial charge in [0.15, 0.2) is 0 Å². The van der Waals surface area contributed by atoms with E-state index in [9.17, 15) is 0 Å². The van der Waals surface area contributed by atoms with Crippen LogP contribution in [0.25, 0.3) is 11.4 Å². The lowest BCUT2D eigenvalue weighted by molar-refractivity contribution is 0.320. The monoisotopic (exact) mass is 349 g/mol. The summed E-state index contributed by atoms with van der Waals surface area (Å²) >= 11 is 0. The van der Waals surface area contributed by atoms with E-state index < -0.39 is 0 Å². The second-order valence-corrected chi connectivity index (χ2v) is 7.48. The van der Waals surface area contributed by atoms with Crippen LogP contribution in [0, 0.1) is 0 Å². The second kappa shape index (κ2) is 6.67. The normalized spacial score (nSPS) is 20.8. The van der Waals surface area contributed by atoms with E-state index in [2.05, 4.69) is 25.9 Å². The minimum Gasteiger partial charge on any atom is -0.339 e. The van der Waals surface area contributed by atoms with E-state index in [1.165, 1.54) is 43.6 Å². The highest BCUT2D eigenvalue weighted by molar-refractivity contribution is 5.52. The van der Waals surface area contributed by atoms with Gasteiger partial charge in [-0.1, -0.05) is 24.4 Å². The van der Waals surface area contributed by atoms with Gasteiger partial charge in [-0.25, -0.2) is 4.98 Å². The third kappa shape index (κ3) is 2.83. The van der Waals surface area contributed by atoms with E-state index in [1.54, 1.807) is 12.4 Å². The van der Waals surface area contributed by atoms with Gasteiger partial charge in [-0.2, -0.15) is 4.98 Å². The summed E-state index contributed by atoms with van der Waals surface area (Å²) in [6, 6.07) is 3.81. The van der Waals surface area contributed by atoms with Crippen molar-refractivity contribution in [1.29, 1.82) is 0 Å². The SMILES string of the molecule is c1cc(-c2noc([C@H]3CCn4c(cnc4C4CCCCC4)C3)n2)ccn1. The summed E-state index contributed by atoms with van der Waals surface area (Å²) in [6.07, 6.45) is 14.2. The molecule has 6 nitrogen and oxygen atoms in total. The Balaban J connectivity index is 1.35.